The van der Waals surface area contributed by atoms with Crippen LogP contribution >= 0.6 is 12.6 Å². The molecule has 2 atom stereocenters. The number of aliphatic hydroxyl groups is 2. The minimum Gasteiger partial charge on any atom is -0.482 e. The minimum absolute atomic E-state index is 0.390. The molecule has 5 nitrogen and oxygen atoms in total. The molecule has 0 fully saturated rings. The highest BCUT2D eigenvalue weighted by atomic mass is 32.1. The molecule has 1 aromatic rings. The third-order valence-corrected chi connectivity index (χ3v) is 2.63. The van der Waals surface area contributed by atoms with Crippen molar-refractivity contribution in [2.24, 2.45) is 0 Å². The molecule has 0 aromatic heterocycles. The number of rotatable bonds is 7. The highest BCUT2D eigenvalue weighted by Crippen LogP contribution is 2.22. The number of carboxylic acids is 1. The molecule has 6 heteroatoms. The van der Waals surface area contributed by atoms with E-state index >= 15 is 0 Å². The maximum Gasteiger partial charge on any atom is 0.341 e. The van der Waals surface area contributed by atoms with Crippen LogP contribution in [0.3, 0.4) is 0 Å². The summed E-state index contributed by atoms with van der Waals surface area (Å²) >= 11 is 3.98. The maximum absolute atomic E-state index is 10.3. The quantitative estimate of drug-likeness (QED) is 0.553. The summed E-state index contributed by atoms with van der Waals surface area (Å²) in [6, 6.07) is 6.27. The average molecular weight is 272 g/mol. The molecule has 0 spiro atoms. The molecule has 0 bridgehead atoms. The first-order valence-corrected chi connectivity index (χ1v) is 6.09. The summed E-state index contributed by atoms with van der Waals surface area (Å²) < 4.78 is 4.95. The van der Waals surface area contributed by atoms with E-state index in [4.69, 9.17) is 9.84 Å². The number of hydrogen-bond donors (Lipinski definition) is 4. The lowest BCUT2D eigenvalue weighted by Gasteiger charge is -2.17. The fourth-order valence-corrected chi connectivity index (χ4v) is 1.68. The smallest absolute Gasteiger partial charge is 0.341 e. The van der Waals surface area contributed by atoms with Gasteiger partial charge in [-0.1, -0.05) is 12.1 Å². The lowest BCUT2D eigenvalue weighted by molar-refractivity contribution is -0.139. The molecule has 0 heterocycles. The summed E-state index contributed by atoms with van der Waals surface area (Å²) in [7, 11) is 0. The van der Waals surface area contributed by atoms with Gasteiger partial charge in [0.25, 0.3) is 0 Å². The van der Waals surface area contributed by atoms with Crippen molar-refractivity contribution in [3.05, 3.63) is 29.8 Å². The topological polar surface area (TPSA) is 87.0 Å². The molecule has 0 aliphatic rings. The van der Waals surface area contributed by atoms with Crippen LogP contribution in [0.1, 0.15) is 18.1 Å². The van der Waals surface area contributed by atoms with Gasteiger partial charge in [0.15, 0.2) is 6.61 Å². The molecule has 0 aliphatic heterocycles. The third-order valence-electron chi connectivity index (χ3n) is 2.37. The molecule has 100 valence electrons. The summed E-state index contributed by atoms with van der Waals surface area (Å²) in [4.78, 5) is 10.3. The normalized spacial score (nSPS) is 13.9. The van der Waals surface area contributed by atoms with Gasteiger partial charge in [0.2, 0.25) is 0 Å². The first kappa shape index (κ1) is 14.8. The van der Waals surface area contributed by atoms with Gasteiger partial charge in [0.1, 0.15) is 11.9 Å². The SMILES string of the molecule is O=C(O)COc1ccc(C(O)C(O)CCS)cc1. The van der Waals surface area contributed by atoms with Gasteiger partial charge in [-0.3, -0.25) is 0 Å². The Morgan fingerprint density at radius 3 is 2.39 bits per heavy atom. The lowest BCUT2D eigenvalue weighted by Crippen LogP contribution is -2.18. The van der Waals surface area contributed by atoms with E-state index in [1.54, 1.807) is 24.3 Å². The second-order valence-electron chi connectivity index (χ2n) is 3.78. The number of ether oxygens (including phenoxy) is 1. The standard InChI is InChI=1S/C12H16O5S/c13-10(5-6-18)12(16)8-1-3-9(4-2-8)17-7-11(14)15/h1-4,10,12-13,16,18H,5-7H2,(H,14,15). The number of carboxylic acid groups (broad SMARTS) is 1. The predicted molar refractivity (Wildman–Crippen MR) is 69.0 cm³/mol. The van der Waals surface area contributed by atoms with Gasteiger partial charge >= 0.3 is 5.97 Å². The Kier molecular flexibility index (Phi) is 5.97. The van der Waals surface area contributed by atoms with Crippen molar-refractivity contribution >= 4 is 18.6 Å². The number of hydrogen-bond acceptors (Lipinski definition) is 5. The predicted octanol–water partition coefficient (Wildman–Crippen LogP) is 0.864. The van der Waals surface area contributed by atoms with Gasteiger partial charge in [0.05, 0.1) is 6.10 Å². The van der Waals surface area contributed by atoms with Crippen LogP contribution in [-0.4, -0.2) is 39.8 Å². The number of aliphatic hydroxyl groups excluding tert-OH is 2. The van der Waals surface area contributed by atoms with E-state index < -0.39 is 24.8 Å². The van der Waals surface area contributed by atoms with Crippen molar-refractivity contribution < 1.29 is 24.9 Å². The molecule has 0 saturated carbocycles. The zero-order chi connectivity index (χ0) is 13.5. The highest BCUT2D eigenvalue weighted by molar-refractivity contribution is 7.80. The monoisotopic (exact) mass is 272 g/mol. The molecular formula is C12H16O5S. The van der Waals surface area contributed by atoms with E-state index in [-0.39, 0.29) is 0 Å². The first-order valence-electron chi connectivity index (χ1n) is 5.46. The largest absolute Gasteiger partial charge is 0.482 e. The Morgan fingerprint density at radius 1 is 1.28 bits per heavy atom. The van der Waals surface area contributed by atoms with Crippen LogP contribution in [0.2, 0.25) is 0 Å². The van der Waals surface area contributed by atoms with Crippen LogP contribution in [-0.2, 0) is 4.79 Å². The van der Waals surface area contributed by atoms with Gasteiger partial charge < -0.3 is 20.1 Å². The second-order valence-corrected chi connectivity index (χ2v) is 4.22. The third kappa shape index (κ3) is 4.56. The molecule has 1 rings (SSSR count). The van der Waals surface area contributed by atoms with Crippen LogP contribution in [0.5, 0.6) is 5.75 Å². The van der Waals surface area contributed by atoms with Crippen molar-refractivity contribution in [1.29, 1.82) is 0 Å². The summed E-state index contributed by atoms with van der Waals surface area (Å²) in [6.07, 6.45) is -1.46. The minimum atomic E-state index is -1.05. The summed E-state index contributed by atoms with van der Waals surface area (Å²) in [5.41, 5.74) is 0.548. The number of benzene rings is 1. The van der Waals surface area contributed by atoms with Gasteiger partial charge in [0, 0.05) is 0 Å². The molecular weight excluding hydrogens is 256 g/mol. The van der Waals surface area contributed by atoms with E-state index in [1.165, 1.54) is 0 Å². The second kappa shape index (κ2) is 7.25. The van der Waals surface area contributed by atoms with E-state index in [0.29, 0.717) is 23.5 Å². The van der Waals surface area contributed by atoms with Crippen molar-refractivity contribution in [2.75, 3.05) is 12.4 Å². The molecule has 18 heavy (non-hydrogen) atoms. The van der Waals surface area contributed by atoms with Crippen molar-refractivity contribution in [3.8, 4) is 5.75 Å². The Balaban J connectivity index is 2.61. The lowest BCUT2D eigenvalue weighted by atomic mass is 10.0. The van der Waals surface area contributed by atoms with E-state index in [2.05, 4.69) is 12.6 Å². The van der Waals surface area contributed by atoms with E-state index in [1.807, 2.05) is 0 Å². The zero-order valence-corrected chi connectivity index (χ0v) is 10.6. The number of carbonyl (C=O) groups is 1. The molecule has 0 saturated heterocycles. The van der Waals surface area contributed by atoms with Gasteiger partial charge in [-0.25, -0.2) is 4.79 Å². The fourth-order valence-electron chi connectivity index (χ4n) is 1.42. The number of thiol groups is 1. The summed E-state index contributed by atoms with van der Waals surface area (Å²) in [6.45, 7) is -0.413. The van der Waals surface area contributed by atoms with Crippen molar-refractivity contribution in [1.82, 2.24) is 0 Å². The van der Waals surface area contributed by atoms with Crippen molar-refractivity contribution in [2.45, 2.75) is 18.6 Å². The fraction of sp³-hybridized carbons (Fsp3) is 0.417. The molecule has 1 aromatic carbocycles. The van der Waals surface area contributed by atoms with Gasteiger partial charge in [-0.15, -0.1) is 0 Å². The van der Waals surface area contributed by atoms with E-state index in [9.17, 15) is 15.0 Å². The summed E-state index contributed by atoms with van der Waals surface area (Å²) in [5.74, 6) is -0.168. The van der Waals surface area contributed by atoms with Gasteiger partial charge in [-0.2, -0.15) is 12.6 Å². The van der Waals surface area contributed by atoms with E-state index in [0.717, 1.165) is 0 Å². The molecule has 0 radical (unpaired) electrons. The zero-order valence-electron chi connectivity index (χ0n) is 9.69. The van der Waals surface area contributed by atoms with Crippen LogP contribution < -0.4 is 4.74 Å². The maximum atomic E-state index is 10.3. The Labute approximate surface area is 110 Å². The summed E-state index contributed by atoms with van der Waals surface area (Å²) in [5, 5.41) is 27.9. The van der Waals surface area contributed by atoms with Crippen LogP contribution in [0.4, 0.5) is 0 Å². The molecule has 2 unspecified atom stereocenters. The Hall–Kier alpha value is -1.24. The van der Waals surface area contributed by atoms with Crippen molar-refractivity contribution in [3.63, 3.8) is 0 Å². The highest BCUT2D eigenvalue weighted by Gasteiger charge is 2.17. The number of aliphatic carboxylic acids is 1. The average Bonchev–Trinajstić information content (AvgIpc) is 2.36. The first-order chi connectivity index (χ1) is 8.54. The Bertz CT molecular complexity index is 379. The molecule has 0 amide bonds. The van der Waals surface area contributed by atoms with Gasteiger partial charge in [-0.05, 0) is 29.9 Å². The molecule has 3 N–H and O–H groups in total. The van der Waals surface area contributed by atoms with Crippen LogP contribution in [0.25, 0.3) is 0 Å². The van der Waals surface area contributed by atoms with Crippen LogP contribution in [0.15, 0.2) is 24.3 Å². The molecule has 0 aliphatic carbocycles. The Morgan fingerprint density at radius 2 is 1.89 bits per heavy atom. The van der Waals surface area contributed by atoms with Crippen LogP contribution in [0, 0.1) is 0 Å².